The normalized spacial score (nSPS) is 10.0. The van der Waals surface area contributed by atoms with E-state index in [1.165, 1.54) is 12.1 Å². The van der Waals surface area contributed by atoms with E-state index in [0.29, 0.717) is 5.69 Å². The Balaban J connectivity index is 2.12. The lowest BCUT2D eigenvalue weighted by Gasteiger charge is -2.10. The molecule has 2 aromatic rings. The second kappa shape index (κ2) is 6.41. The van der Waals surface area contributed by atoms with Gasteiger partial charge >= 0.3 is 12.0 Å². The molecule has 0 radical (unpaired) electrons. The molecule has 2 rings (SSSR count). The SMILES string of the molecule is Cc1ccc(NC(=O)Nc2ccccc2C(=O)O)cc1Br. The highest BCUT2D eigenvalue weighted by atomic mass is 79.9. The molecular weight excluding hydrogens is 336 g/mol. The Hall–Kier alpha value is -2.34. The summed E-state index contributed by atoms with van der Waals surface area (Å²) in [5, 5.41) is 14.2. The van der Waals surface area contributed by atoms with Crippen LogP contribution in [0.4, 0.5) is 16.2 Å². The van der Waals surface area contributed by atoms with E-state index in [1.54, 1.807) is 24.3 Å². The Labute approximate surface area is 130 Å². The van der Waals surface area contributed by atoms with Crippen molar-refractivity contribution in [3.63, 3.8) is 0 Å². The summed E-state index contributed by atoms with van der Waals surface area (Å²) in [6.45, 7) is 1.94. The second-order valence-electron chi connectivity index (χ2n) is 4.39. The summed E-state index contributed by atoms with van der Waals surface area (Å²) in [6.07, 6.45) is 0. The van der Waals surface area contributed by atoms with Gasteiger partial charge in [-0.1, -0.05) is 34.1 Å². The highest BCUT2D eigenvalue weighted by Crippen LogP contribution is 2.21. The third-order valence-corrected chi connectivity index (χ3v) is 3.69. The molecule has 0 heterocycles. The molecule has 0 saturated carbocycles. The summed E-state index contributed by atoms with van der Waals surface area (Å²) in [4.78, 5) is 23.0. The lowest BCUT2D eigenvalue weighted by Crippen LogP contribution is -2.21. The van der Waals surface area contributed by atoms with E-state index >= 15 is 0 Å². The predicted molar refractivity (Wildman–Crippen MR) is 84.9 cm³/mol. The molecule has 0 bridgehead atoms. The Morgan fingerprint density at radius 2 is 1.81 bits per heavy atom. The van der Waals surface area contributed by atoms with Gasteiger partial charge in [-0.05, 0) is 36.8 Å². The molecule has 3 N–H and O–H groups in total. The first kappa shape index (κ1) is 15.1. The van der Waals surface area contributed by atoms with Crippen LogP contribution in [0.2, 0.25) is 0 Å². The van der Waals surface area contributed by atoms with Crippen molar-refractivity contribution in [1.82, 2.24) is 0 Å². The van der Waals surface area contributed by atoms with E-state index in [-0.39, 0.29) is 11.3 Å². The summed E-state index contributed by atoms with van der Waals surface area (Å²) in [5.41, 5.74) is 1.95. The van der Waals surface area contributed by atoms with Gasteiger partial charge in [0.05, 0.1) is 11.3 Å². The molecule has 0 aromatic heterocycles. The van der Waals surface area contributed by atoms with Gasteiger partial charge in [-0.3, -0.25) is 0 Å². The monoisotopic (exact) mass is 348 g/mol. The summed E-state index contributed by atoms with van der Waals surface area (Å²) in [5.74, 6) is -1.09. The van der Waals surface area contributed by atoms with Crippen molar-refractivity contribution >= 4 is 39.3 Å². The highest BCUT2D eigenvalue weighted by Gasteiger charge is 2.11. The molecular formula is C15H13BrN2O3. The number of halogens is 1. The first-order chi connectivity index (χ1) is 9.97. The van der Waals surface area contributed by atoms with Crippen LogP contribution in [0.25, 0.3) is 0 Å². The van der Waals surface area contributed by atoms with Crippen molar-refractivity contribution < 1.29 is 14.7 Å². The largest absolute Gasteiger partial charge is 0.478 e. The van der Waals surface area contributed by atoms with E-state index in [0.717, 1.165) is 10.0 Å². The van der Waals surface area contributed by atoms with Crippen LogP contribution in [0.15, 0.2) is 46.9 Å². The average Bonchev–Trinajstić information content (AvgIpc) is 2.43. The van der Waals surface area contributed by atoms with Gasteiger partial charge in [0.15, 0.2) is 0 Å². The number of nitrogens with one attached hydrogen (secondary N) is 2. The van der Waals surface area contributed by atoms with Gasteiger partial charge in [-0.2, -0.15) is 0 Å². The van der Waals surface area contributed by atoms with E-state index in [9.17, 15) is 9.59 Å². The maximum Gasteiger partial charge on any atom is 0.337 e. The first-order valence-corrected chi connectivity index (χ1v) is 6.93. The number of aryl methyl sites for hydroxylation is 1. The molecule has 0 spiro atoms. The number of urea groups is 1. The molecule has 0 atom stereocenters. The number of para-hydroxylation sites is 1. The number of carbonyl (C=O) groups is 2. The number of carbonyl (C=O) groups excluding carboxylic acids is 1. The summed E-state index contributed by atoms with van der Waals surface area (Å²) in [7, 11) is 0. The summed E-state index contributed by atoms with van der Waals surface area (Å²) >= 11 is 3.38. The van der Waals surface area contributed by atoms with Crippen molar-refractivity contribution in [3.05, 3.63) is 58.1 Å². The second-order valence-corrected chi connectivity index (χ2v) is 5.25. The Kier molecular flexibility index (Phi) is 4.59. The van der Waals surface area contributed by atoms with Gasteiger partial charge in [0.1, 0.15) is 0 Å². The Morgan fingerprint density at radius 1 is 1.10 bits per heavy atom. The number of carboxylic acid groups (broad SMARTS) is 1. The van der Waals surface area contributed by atoms with Gasteiger partial charge < -0.3 is 15.7 Å². The molecule has 6 heteroatoms. The van der Waals surface area contributed by atoms with E-state index in [2.05, 4.69) is 26.6 Å². The molecule has 2 aromatic carbocycles. The zero-order valence-electron chi connectivity index (χ0n) is 11.2. The average molecular weight is 349 g/mol. The van der Waals surface area contributed by atoms with Crippen LogP contribution in [-0.2, 0) is 0 Å². The summed E-state index contributed by atoms with van der Waals surface area (Å²) in [6, 6.07) is 11.1. The molecule has 0 fully saturated rings. The van der Waals surface area contributed by atoms with E-state index < -0.39 is 12.0 Å². The van der Waals surface area contributed by atoms with Crippen LogP contribution >= 0.6 is 15.9 Å². The molecule has 5 nitrogen and oxygen atoms in total. The fraction of sp³-hybridized carbons (Fsp3) is 0.0667. The first-order valence-electron chi connectivity index (χ1n) is 6.14. The van der Waals surface area contributed by atoms with Crippen molar-refractivity contribution in [1.29, 1.82) is 0 Å². The molecule has 0 aliphatic rings. The van der Waals surface area contributed by atoms with E-state index in [1.807, 2.05) is 13.0 Å². The topological polar surface area (TPSA) is 78.4 Å². The number of benzene rings is 2. The third-order valence-electron chi connectivity index (χ3n) is 2.84. The Bertz CT molecular complexity index is 701. The molecule has 108 valence electrons. The number of aromatic carboxylic acids is 1. The Morgan fingerprint density at radius 3 is 2.48 bits per heavy atom. The van der Waals surface area contributed by atoms with Crippen molar-refractivity contribution in [2.45, 2.75) is 6.92 Å². The minimum absolute atomic E-state index is 0.0396. The lowest BCUT2D eigenvalue weighted by molar-refractivity contribution is 0.0698. The zero-order valence-corrected chi connectivity index (χ0v) is 12.8. The van der Waals surface area contributed by atoms with Crippen LogP contribution < -0.4 is 10.6 Å². The van der Waals surface area contributed by atoms with Crippen LogP contribution in [0.3, 0.4) is 0 Å². The highest BCUT2D eigenvalue weighted by molar-refractivity contribution is 9.10. The van der Waals surface area contributed by atoms with Gasteiger partial charge in [0.25, 0.3) is 0 Å². The van der Waals surface area contributed by atoms with Crippen LogP contribution in [0.5, 0.6) is 0 Å². The quantitative estimate of drug-likeness (QED) is 0.781. The third kappa shape index (κ3) is 3.82. The van der Waals surface area contributed by atoms with Gasteiger partial charge in [0.2, 0.25) is 0 Å². The molecule has 0 aliphatic heterocycles. The number of hydrogen-bond acceptors (Lipinski definition) is 2. The minimum atomic E-state index is -1.09. The number of anilines is 2. The van der Waals surface area contributed by atoms with E-state index in [4.69, 9.17) is 5.11 Å². The molecule has 21 heavy (non-hydrogen) atoms. The maximum atomic E-state index is 11.9. The molecule has 0 aliphatic carbocycles. The molecule has 0 unspecified atom stereocenters. The molecule has 0 saturated heterocycles. The van der Waals surface area contributed by atoms with Crippen LogP contribution in [-0.4, -0.2) is 17.1 Å². The van der Waals surface area contributed by atoms with Gasteiger partial charge in [-0.25, -0.2) is 9.59 Å². The minimum Gasteiger partial charge on any atom is -0.478 e. The number of hydrogen-bond donors (Lipinski definition) is 3. The van der Waals surface area contributed by atoms with Crippen molar-refractivity contribution in [2.75, 3.05) is 10.6 Å². The molecule has 2 amide bonds. The standard InChI is InChI=1S/C15H13BrN2O3/c1-9-6-7-10(8-12(9)16)17-15(21)18-13-5-3-2-4-11(13)14(19)20/h2-8H,1H3,(H,19,20)(H2,17,18,21). The van der Waals surface area contributed by atoms with Crippen LogP contribution in [0, 0.1) is 6.92 Å². The predicted octanol–water partition coefficient (Wildman–Crippen LogP) is 4.10. The fourth-order valence-electron chi connectivity index (χ4n) is 1.73. The lowest BCUT2D eigenvalue weighted by atomic mass is 10.2. The number of rotatable bonds is 3. The van der Waals surface area contributed by atoms with Crippen molar-refractivity contribution in [3.8, 4) is 0 Å². The van der Waals surface area contributed by atoms with Crippen molar-refractivity contribution in [2.24, 2.45) is 0 Å². The zero-order chi connectivity index (χ0) is 15.4. The van der Waals surface area contributed by atoms with Crippen LogP contribution in [0.1, 0.15) is 15.9 Å². The van der Waals surface area contributed by atoms with Gasteiger partial charge in [-0.15, -0.1) is 0 Å². The number of carboxylic acids is 1. The smallest absolute Gasteiger partial charge is 0.337 e. The summed E-state index contributed by atoms with van der Waals surface area (Å²) < 4.78 is 0.881. The maximum absolute atomic E-state index is 11.9. The van der Waals surface area contributed by atoms with Gasteiger partial charge in [0, 0.05) is 10.2 Å². The number of amides is 2. The fourth-order valence-corrected chi connectivity index (χ4v) is 2.11.